The molecule has 0 spiro atoms. The van der Waals surface area contributed by atoms with E-state index in [1.54, 1.807) is 0 Å². The summed E-state index contributed by atoms with van der Waals surface area (Å²) < 4.78 is 6.37. The molecule has 3 aliphatic rings. The van der Waals surface area contributed by atoms with Crippen LogP contribution in [0.3, 0.4) is 0 Å². The Bertz CT molecular complexity index is 1500. The summed E-state index contributed by atoms with van der Waals surface area (Å²) in [5, 5.41) is 53.3. The molecular weight excluding hydrogens is 616 g/mol. The molecule has 0 heterocycles. The minimum absolute atomic E-state index is 0.0126. The second-order valence-corrected chi connectivity index (χ2v) is 14.2. The average Bonchev–Trinajstić information content (AvgIpc) is 3.40. The molecule has 48 heavy (non-hydrogen) atoms. The van der Waals surface area contributed by atoms with Crippen LogP contribution in [0.15, 0.2) is 30.3 Å². The van der Waals surface area contributed by atoms with E-state index in [1.165, 1.54) is 23.3 Å². The zero-order valence-electron chi connectivity index (χ0n) is 27.7. The Morgan fingerprint density at radius 3 is 2.46 bits per heavy atom. The van der Waals surface area contributed by atoms with Crippen molar-refractivity contribution in [3.8, 4) is 11.5 Å². The zero-order valence-corrected chi connectivity index (χ0v) is 27.7. The molecule has 2 aromatic rings. The van der Waals surface area contributed by atoms with E-state index in [9.17, 15) is 39.9 Å². The fraction of sp³-hybridized carbons (Fsp3) is 0.595. The number of primary amides is 1. The Balaban J connectivity index is 0.991. The van der Waals surface area contributed by atoms with Crippen molar-refractivity contribution in [1.82, 2.24) is 5.32 Å². The summed E-state index contributed by atoms with van der Waals surface area (Å²) in [5.41, 5.74) is 8.20. The van der Waals surface area contributed by atoms with Gasteiger partial charge in [-0.2, -0.15) is 0 Å². The number of carbonyl (C=O) groups excluding carboxylic acids is 3. The van der Waals surface area contributed by atoms with Crippen molar-refractivity contribution in [2.45, 2.75) is 108 Å². The molecule has 262 valence electrons. The number of nitrogens with one attached hydrogen (secondary N) is 1. The molecule has 2 saturated carbocycles. The minimum Gasteiger partial charge on any atom is -0.508 e. The molecule has 0 aliphatic heterocycles. The van der Waals surface area contributed by atoms with Gasteiger partial charge < -0.3 is 41.3 Å². The normalized spacial score (nSPS) is 25.8. The third-order valence-corrected chi connectivity index (χ3v) is 11.3. The number of aliphatic hydroxyl groups excluding tert-OH is 3. The number of phenolic OH excluding ortho intramolecular Hbond substituents is 1. The smallest absolute Gasteiger partial charge is 0.252 e. The second-order valence-electron chi connectivity index (χ2n) is 14.2. The van der Waals surface area contributed by atoms with Gasteiger partial charge in [0.15, 0.2) is 0 Å². The third-order valence-electron chi connectivity index (χ3n) is 11.3. The summed E-state index contributed by atoms with van der Waals surface area (Å²) in [6, 6.07) is 8.72. The van der Waals surface area contributed by atoms with Crippen LogP contribution in [0.4, 0.5) is 0 Å². The van der Waals surface area contributed by atoms with E-state index in [4.69, 9.17) is 10.5 Å². The second kappa shape index (κ2) is 15.4. The first-order valence-electron chi connectivity index (χ1n) is 17.2. The zero-order chi connectivity index (χ0) is 34.6. The highest BCUT2D eigenvalue weighted by atomic mass is 16.5. The summed E-state index contributed by atoms with van der Waals surface area (Å²) in [5.74, 6) is 0.154. The summed E-state index contributed by atoms with van der Waals surface area (Å²) in [7, 11) is 0. The number of aromatic hydroxyl groups is 2. The number of ether oxygens (including phenoxy) is 1. The fourth-order valence-electron chi connectivity index (χ4n) is 8.77. The number of phenols is 2. The molecule has 5 rings (SSSR count). The molecule has 0 bridgehead atoms. The Morgan fingerprint density at radius 2 is 1.73 bits per heavy atom. The van der Waals surface area contributed by atoms with Crippen LogP contribution in [0.25, 0.3) is 0 Å². The molecule has 7 atom stereocenters. The molecule has 11 heteroatoms. The molecular formula is C37H50N2O9. The van der Waals surface area contributed by atoms with Crippen molar-refractivity contribution >= 4 is 17.6 Å². The number of hydrogen-bond acceptors (Lipinski definition) is 9. The number of nitrogens with two attached hydrogens (primary N) is 1. The lowest BCUT2D eigenvalue weighted by molar-refractivity contribution is -0.123. The largest absolute Gasteiger partial charge is 0.508 e. The highest BCUT2D eigenvalue weighted by Crippen LogP contribution is 2.61. The van der Waals surface area contributed by atoms with E-state index in [2.05, 4.69) is 18.3 Å². The van der Waals surface area contributed by atoms with E-state index >= 15 is 0 Å². The SMILES string of the molecule is CC12CCC3c4ccc(O)cc4CCC3C1CCC2OCCNC(=O)CCC(O)C(O)CCC(=O)Cc1ccc(CO)c(C(N)=O)c1O. The number of carbonyl (C=O) groups is 3. The molecule has 11 nitrogen and oxygen atoms in total. The predicted molar refractivity (Wildman–Crippen MR) is 177 cm³/mol. The molecule has 2 fully saturated rings. The number of hydrogen-bond donors (Lipinski definition) is 7. The summed E-state index contributed by atoms with van der Waals surface area (Å²) in [6.07, 6.45) is 3.97. The molecule has 2 amide bonds. The number of ketones is 1. The molecule has 8 N–H and O–H groups in total. The van der Waals surface area contributed by atoms with Crippen LogP contribution >= 0.6 is 0 Å². The van der Waals surface area contributed by atoms with Crippen molar-refractivity contribution in [2.24, 2.45) is 23.0 Å². The van der Waals surface area contributed by atoms with Crippen molar-refractivity contribution in [1.29, 1.82) is 0 Å². The first kappa shape index (κ1) is 35.8. The summed E-state index contributed by atoms with van der Waals surface area (Å²) in [6.45, 7) is 2.63. The van der Waals surface area contributed by atoms with Gasteiger partial charge in [-0.1, -0.05) is 25.1 Å². The maximum absolute atomic E-state index is 12.5. The van der Waals surface area contributed by atoms with Gasteiger partial charge in [0.05, 0.1) is 37.1 Å². The first-order valence-corrected chi connectivity index (χ1v) is 17.2. The van der Waals surface area contributed by atoms with Crippen LogP contribution in [-0.2, 0) is 33.8 Å². The first-order chi connectivity index (χ1) is 22.9. The highest BCUT2D eigenvalue weighted by Gasteiger charge is 2.55. The number of aryl methyl sites for hydroxylation is 1. The number of Topliss-reactive ketones (excluding diaryl/α,β-unsaturated/α-hetero) is 1. The summed E-state index contributed by atoms with van der Waals surface area (Å²) in [4.78, 5) is 36.6. The van der Waals surface area contributed by atoms with E-state index in [0.717, 1.165) is 38.5 Å². The van der Waals surface area contributed by atoms with Gasteiger partial charge in [0.1, 0.15) is 17.3 Å². The van der Waals surface area contributed by atoms with Crippen molar-refractivity contribution in [3.05, 3.63) is 58.1 Å². The van der Waals surface area contributed by atoms with Crippen LogP contribution in [0.2, 0.25) is 0 Å². The van der Waals surface area contributed by atoms with Crippen LogP contribution in [0.1, 0.15) is 103 Å². The maximum Gasteiger partial charge on any atom is 0.252 e. The average molecular weight is 667 g/mol. The van der Waals surface area contributed by atoms with Crippen molar-refractivity contribution in [3.63, 3.8) is 0 Å². The lowest BCUT2D eigenvalue weighted by atomic mass is 9.55. The predicted octanol–water partition coefficient (Wildman–Crippen LogP) is 3.14. The number of benzene rings is 2. The standard InChI is InChI=1S/C37H50N2O9/c1-37-15-14-27-26-8-5-24(41)18-21(26)4-7-28(27)29(37)9-12-32(37)48-17-16-39-33(45)13-11-31(44)30(43)10-6-25(42)19-22-2-3-23(20-40)34(35(22)46)36(38)47/h2-3,5,8,18,27-32,40-41,43-44,46H,4,6-7,9-17,19-20H2,1H3,(H2,38,47)(H,39,45). The Kier molecular flexibility index (Phi) is 11.5. The van der Waals surface area contributed by atoms with E-state index < -0.39 is 30.5 Å². The molecule has 0 aromatic heterocycles. The third kappa shape index (κ3) is 7.70. The van der Waals surface area contributed by atoms with Gasteiger partial charge in [0.2, 0.25) is 5.91 Å². The summed E-state index contributed by atoms with van der Waals surface area (Å²) >= 11 is 0. The molecule has 0 saturated heterocycles. The lowest BCUT2D eigenvalue weighted by Crippen LogP contribution is -2.45. The van der Waals surface area contributed by atoms with Crippen LogP contribution < -0.4 is 11.1 Å². The molecule has 3 aliphatic carbocycles. The van der Waals surface area contributed by atoms with Gasteiger partial charge in [-0.15, -0.1) is 0 Å². The van der Waals surface area contributed by atoms with Crippen LogP contribution in [-0.4, -0.2) is 74.6 Å². The van der Waals surface area contributed by atoms with Gasteiger partial charge in [-0.05, 0) is 103 Å². The van der Waals surface area contributed by atoms with Crippen LogP contribution in [0, 0.1) is 17.3 Å². The Labute approximate surface area is 281 Å². The number of amides is 2. The number of fused-ring (bicyclic) bond motifs is 5. The molecule has 0 radical (unpaired) electrons. The Morgan fingerprint density at radius 1 is 1.00 bits per heavy atom. The van der Waals surface area contributed by atoms with Crippen LogP contribution in [0.5, 0.6) is 11.5 Å². The highest BCUT2D eigenvalue weighted by molar-refractivity contribution is 5.98. The van der Waals surface area contributed by atoms with Gasteiger partial charge in [0, 0.05) is 31.4 Å². The monoisotopic (exact) mass is 666 g/mol. The Hall–Kier alpha value is -3.51. The van der Waals surface area contributed by atoms with E-state index in [1.807, 2.05) is 12.1 Å². The van der Waals surface area contributed by atoms with Gasteiger partial charge in [-0.25, -0.2) is 0 Å². The quantitative estimate of drug-likeness (QED) is 0.140. The fourth-order valence-corrected chi connectivity index (χ4v) is 8.77. The van der Waals surface area contributed by atoms with E-state index in [0.29, 0.717) is 36.7 Å². The van der Waals surface area contributed by atoms with Crippen molar-refractivity contribution in [2.75, 3.05) is 13.2 Å². The lowest BCUT2D eigenvalue weighted by Gasteiger charge is -2.50. The topological polar surface area (TPSA) is 200 Å². The molecule has 2 aromatic carbocycles. The molecule has 7 unspecified atom stereocenters. The van der Waals surface area contributed by atoms with E-state index in [-0.39, 0.29) is 72.0 Å². The van der Waals surface area contributed by atoms with Crippen molar-refractivity contribution < 1.29 is 44.7 Å². The minimum atomic E-state index is -1.22. The van der Waals surface area contributed by atoms with Gasteiger partial charge in [-0.3, -0.25) is 14.4 Å². The number of rotatable bonds is 15. The number of aliphatic hydroxyl groups is 3. The van der Waals surface area contributed by atoms with Gasteiger partial charge >= 0.3 is 0 Å². The maximum atomic E-state index is 12.5. The van der Waals surface area contributed by atoms with Gasteiger partial charge in [0.25, 0.3) is 5.91 Å².